The minimum absolute atomic E-state index is 0.347. The molecule has 0 saturated heterocycles. The highest BCUT2D eigenvalue weighted by molar-refractivity contribution is 9.10. The maximum atomic E-state index is 11.7. The van der Waals surface area contributed by atoms with Crippen molar-refractivity contribution in [3.63, 3.8) is 0 Å². The van der Waals surface area contributed by atoms with Gasteiger partial charge in [-0.3, -0.25) is 20.4 Å². The summed E-state index contributed by atoms with van der Waals surface area (Å²) in [6.45, 7) is 4.98. The molecule has 0 radical (unpaired) electrons. The maximum absolute atomic E-state index is 11.7. The molecule has 1 unspecified atom stereocenters. The van der Waals surface area contributed by atoms with Gasteiger partial charge in [0.2, 0.25) is 5.91 Å². The lowest BCUT2D eigenvalue weighted by Gasteiger charge is -2.18. The third kappa shape index (κ3) is 2.63. The van der Waals surface area contributed by atoms with Crippen LogP contribution in [0.4, 0.5) is 0 Å². The Morgan fingerprint density at radius 3 is 2.06 bits per heavy atom. The molecule has 16 heavy (non-hydrogen) atoms. The van der Waals surface area contributed by atoms with Crippen LogP contribution in [-0.4, -0.2) is 20.5 Å². The van der Waals surface area contributed by atoms with Gasteiger partial charge >= 0.3 is 0 Å². The lowest BCUT2D eigenvalue weighted by atomic mass is 10.1. The third-order valence-electron chi connectivity index (χ3n) is 2.59. The van der Waals surface area contributed by atoms with Crippen molar-refractivity contribution in [2.45, 2.75) is 35.8 Å². The number of nitrogens with one attached hydrogen (secondary N) is 2. The molecule has 1 rings (SSSR count). The first-order valence-electron chi connectivity index (χ1n) is 4.68. The molecule has 0 aromatic carbocycles. The van der Waals surface area contributed by atoms with Gasteiger partial charge < -0.3 is 0 Å². The van der Waals surface area contributed by atoms with Crippen LogP contribution in [-0.2, 0) is 9.59 Å². The summed E-state index contributed by atoms with van der Waals surface area (Å²) >= 11 is 14.8. The molecule has 1 aliphatic rings. The van der Waals surface area contributed by atoms with E-state index < -0.39 is 14.1 Å². The number of rotatable bonds is 2. The number of halogens is 3. The average Bonchev–Trinajstić information content (AvgIpc) is 2.61. The van der Waals surface area contributed by atoms with Gasteiger partial charge in [-0.05, 0) is 27.2 Å². The molecule has 0 spiro atoms. The summed E-state index contributed by atoms with van der Waals surface area (Å²) in [5.41, 5.74) is 3.78. The topological polar surface area (TPSA) is 58.2 Å². The molecule has 2 amide bonds. The van der Waals surface area contributed by atoms with Crippen LogP contribution in [0.3, 0.4) is 0 Å². The molecule has 92 valence electrons. The van der Waals surface area contributed by atoms with E-state index in [1.54, 1.807) is 20.8 Å². The van der Waals surface area contributed by atoms with Crippen molar-refractivity contribution in [3.8, 4) is 0 Å². The molecule has 0 aliphatic heterocycles. The summed E-state index contributed by atoms with van der Waals surface area (Å²) in [6.07, 6.45) is 0.378. The van der Waals surface area contributed by atoms with Crippen LogP contribution < -0.4 is 10.9 Å². The predicted octanol–water partition coefficient (Wildman–Crippen LogP) is 1.89. The van der Waals surface area contributed by atoms with E-state index in [4.69, 9.17) is 23.2 Å². The summed E-state index contributed by atoms with van der Waals surface area (Å²) in [6, 6.07) is 0. The van der Waals surface area contributed by atoms with Gasteiger partial charge in [0.1, 0.15) is 8.66 Å². The van der Waals surface area contributed by atoms with Crippen molar-refractivity contribution in [2.75, 3.05) is 0 Å². The molecular weight excluding hydrogens is 319 g/mol. The summed E-state index contributed by atoms with van der Waals surface area (Å²) < 4.78 is -1.78. The summed E-state index contributed by atoms with van der Waals surface area (Å²) in [4.78, 5) is 23.1. The van der Waals surface area contributed by atoms with E-state index in [1.165, 1.54) is 0 Å². The monoisotopic (exact) mass is 330 g/mol. The highest BCUT2D eigenvalue weighted by Crippen LogP contribution is 2.63. The van der Waals surface area contributed by atoms with Crippen molar-refractivity contribution in [1.29, 1.82) is 0 Å². The third-order valence-corrected chi connectivity index (χ3v) is 4.05. The second kappa shape index (κ2) is 4.03. The van der Waals surface area contributed by atoms with E-state index in [2.05, 4.69) is 26.8 Å². The fraction of sp³-hybridized carbons (Fsp3) is 0.778. The van der Waals surface area contributed by atoms with E-state index >= 15 is 0 Å². The first kappa shape index (κ1) is 14.1. The molecule has 0 aromatic heterocycles. The van der Waals surface area contributed by atoms with E-state index in [1.807, 2.05) is 0 Å². The quantitative estimate of drug-likeness (QED) is 0.599. The van der Waals surface area contributed by atoms with Gasteiger partial charge in [-0.1, -0.05) is 15.9 Å². The van der Waals surface area contributed by atoms with Crippen molar-refractivity contribution >= 4 is 50.9 Å². The molecule has 1 saturated carbocycles. The molecule has 1 fully saturated rings. The van der Waals surface area contributed by atoms with E-state index in [0.717, 1.165) is 0 Å². The van der Waals surface area contributed by atoms with E-state index in [-0.39, 0.29) is 11.8 Å². The fourth-order valence-corrected chi connectivity index (χ4v) is 1.85. The summed E-state index contributed by atoms with van der Waals surface area (Å²) in [5, 5.41) is 0. The first-order chi connectivity index (χ1) is 7.01. The minimum atomic E-state index is -1.04. The molecule has 2 N–H and O–H groups in total. The molecule has 0 heterocycles. The smallest absolute Gasteiger partial charge is 0.254 e. The zero-order valence-electron chi connectivity index (χ0n) is 9.16. The van der Waals surface area contributed by atoms with E-state index in [9.17, 15) is 9.59 Å². The number of hydrogen-bond donors (Lipinski definition) is 2. The molecule has 0 aromatic rings. The van der Waals surface area contributed by atoms with Gasteiger partial charge in [-0.2, -0.15) is 0 Å². The highest BCUT2D eigenvalue weighted by Gasteiger charge is 2.68. The van der Waals surface area contributed by atoms with Crippen molar-refractivity contribution in [1.82, 2.24) is 10.9 Å². The minimum Gasteiger partial charge on any atom is -0.273 e. The maximum Gasteiger partial charge on any atom is 0.254 e. The number of carbonyl (C=O) groups excluding carboxylic acids is 2. The Bertz CT molecular complexity index is 341. The number of hydrogen-bond acceptors (Lipinski definition) is 2. The number of alkyl halides is 3. The van der Waals surface area contributed by atoms with Gasteiger partial charge in [-0.25, -0.2) is 0 Å². The summed E-state index contributed by atoms with van der Waals surface area (Å²) in [5.74, 6) is -0.734. The normalized spacial score (nSPS) is 27.1. The number of hydrazine groups is 1. The van der Waals surface area contributed by atoms with Crippen LogP contribution in [0.1, 0.15) is 27.2 Å². The number of amides is 2. The van der Waals surface area contributed by atoms with Crippen molar-refractivity contribution < 1.29 is 9.59 Å². The Hall–Kier alpha value is -0.000000000000000111. The Kier molecular flexibility index (Phi) is 3.54. The van der Waals surface area contributed by atoms with Crippen LogP contribution in [0.25, 0.3) is 0 Å². The number of carbonyl (C=O) groups is 2. The van der Waals surface area contributed by atoms with Gasteiger partial charge in [0.05, 0.1) is 5.41 Å². The largest absolute Gasteiger partial charge is 0.273 e. The second-order valence-corrected chi connectivity index (χ2v) is 8.06. The average molecular weight is 332 g/mol. The van der Waals surface area contributed by atoms with Crippen LogP contribution in [0.5, 0.6) is 0 Å². The van der Waals surface area contributed by atoms with Crippen molar-refractivity contribution in [2.24, 2.45) is 5.41 Å². The Balaban J connectivity index is 2.47. The van der Waals surface area contributed by atoms with Gasteiger partial charge in [-0.15, -0.1) is 23.2 Å². The summed E-state index contributed by atoms with van der Waals surface area (Å²) in [7, 11) is 0. The standard InChI is InChI=1S/C9H13BrCl2N2O2/c1-7(2,10)5(15)13-14-6(16)8(3)4-9(8,11)12/h4H2,1-3H3,(H,13,15)(H,14,16). The predicted molar refractivity (Wildman–Crippen MR) is 66.5 cm³/mol. The zero-order chi connectivity index (χ0) is 12.8. The van der Waals surface area contributed by atoms with Crippen LogP contribution in [0.2, 0.25) is 0 Å². The lowest BCUT2D eigenvalue weighted by Crippen LogP contribution is -2.50. The zero-order valence-corrected chi connectivity index (χ0v) is 12.3. The fourth-order valence-electron chi connectivity index (χ4n) is 1.05. The van der Waals surface area contributed by atoms with Gasteiger partial charge in [0.15, 0.2) is 0 Å². The molecule has 1 atom stereocenters. The molecule has 1 aliphatic carbocycles. The molecular formula is C9H13BrCl2N2O2. The van der Waals surface area contributed by atoms with Crippen LogP contribution in [0.15, 0.2) is 0 Å². The first-order valence-corrected chi connectivity index (χ1v) is 6.23. The molecule has 0 bridgehead atoms. The van der Waals surface area contributed by atoms with Crippen molar-refractivity contribution in [3.05, 3.63) is 0 Å². The second-order valence-electron chi connectivity index (χ2n) is 4.59. The molecule has 7 heteroatoms. The Labute approximate surface area is 113 Å². The Morgan fingerprint density at radius 1 is 1.31 bits per heavy atom. The lowest BCUT2D eigenvalue weighted by molar-refractivity contribution is -0.132. The highest BCUT2D eigenvalue weighted by atomic mass is 79.9. The SMILES string of the molecule is CC(C)(Br)C(=O)NNC(=O)C1(C)CC1(Cl)Cl. The van der Waals surface area contributed by atoms with E-state index in [0.29, 0.717) is 6.42 Å². The van der Waals surface area contributed by atoms with Gasteiger partial charge in [0.25, 0.3) is 5.91 Å². The van der Waals surface area contributed by atoms with Gasteiger partial charge in [0, 0.05) is 0 Å². The molecule has 4 nitrogen and oxygen atoms in total. The Morgan fingerprint density at radius 2 is 1.75 bits per heavy atom. The van der Waals surface area contributed by atoms with Crippen LogP contribution >= 0.6 is 39.1 Å². The van der Waals surface area contributed by atoms with Crippen LogP contribution in [0, 0.1) is 5.41 Å².